The van der Waals surface area contributed by atoms with E-state index in [1.54, 1.807) is 53.2 Å². The maximum atomic E-state index is 13.1. The third kappa shape index (κ3) is 5.62. The summed E-state index contributed by atoms with van der Waals surface area (Å²) in [6, 6.07) is 12.1. The number of carbonyl (C=O) groups is 4. The molecule has 2 aromatic carbocycles. The van der Waals surface area contributed by atoms with Gasteiger partial charge in [0.05, 0.1) is 26.3 Å². The van der Waals surface area contributed by atoms with Crippen molar-refractivity contribution >= 4 is 35.1 Å². The van der Waals surface area contributed by atoms with E-state index in [9.17, 15) is 19.2 Å². The molecule has 180 valence electrons. The van der Waals surface area contributed by atoms with Gasteiger partial charge in [0.25, 0.3) is 5.91 Å². The van der Waals surface area contributed by atoms with Crippen molar-refractivity contribution < 1.29 is 28.7 Å². The van der Waals surface area contributed by atoms with Gasteiger partial charge < -0.3 is 19.3 Å². The zero-order valence-electron chi connectivity index (χ0n) is 19.8. The average molecular weight is 467 g/mol. The zero-order chi connectivity index (χ0) is 24.7. The standard InChI is InChI=1S/C26H30N2O6/c1-27(23(29)11-6-4-5-7-12-24(30)33-2)22-10-8-9-20-21(22)17-28(25(20)31)19-15-13-18(14-16-19)26(32)34-3/h8-10,13-16H,4-7,11-12,17H2,1-3H3. The molecular formula is C26H30N2O6. The van der Waals surface area contributed by atoms with E-state index in [1.165, 1.54) is 14.2 Å². The molecule has 34 heavy (non-hydrogen) atoms. The number of esters is 2. The highest BCUT2D eigenvalue weighted by Gasteiger charge is 2.32. The molecule has 0 bridgehead atoms. The fourth-order valence-electron chi connectivity index (χ4n) is 4.04. The van der Waals surface area contributed by atoms with Crippen LogP contribution in [0.2, 0.25) is 0 Å². The van der Waals surface area contributed by atoms with E-state index in [0.717, 1.165) is 36.9 Å². The summed E-state index contributed by atoms with van der Waals surface area (Å²) in [5, 5.41) is 0. The summed E-state index contributed by atoms with van der Waals surface area (Å²) < 4.78 is 9.35. The molecule has 1 aliphatic heterocycles. The van der Waals surface area contributed by atoms with Crippen LogP contribution in [0.4, 0.5) is 11.4 Å². The molecule has 0 spiro atoms. The van der Waals surface area contributed by atoms with E-state index in [1.807, 2.05) is 6.07 Å². The van der Waals surface area contributed by atoms with Gasteiger partial charge >= 0.3 is 11.9 Å². The lowest BCUT2D eigenvalue weighted by Crippen LogP contribution is -2.27. The van der Waals surface area contributed by atoms with Gasteiger partial charge in [0.15, 0.2) is 0 Å². The number of fused-ring (bicyclic) bond motifs is 1. The topological polar surface area (TPSA) is 93.2 Å². The number of benzene rings is 2. The molecule has 2 aromatic rings. The molecule has 1 heterocycles. The van der Waals surface area contributed by atoms with Crippen molar-refractivity contribution in [2.75, 3.05) is 31.1 Å². The summed E-state index contributed by atoms with van der Waals surface area (Å²) in [6.45, 7) is 0.340. The lowest BCUT2D eigenvalue weighted by Gasteiger charge is -2.21. The Kier molecular flexibility index (Phi) is 8.40. The number of carbonyl (C=O) groups excluding carboxylic acids is 4. The highest BCUT2D eigenvalue weighted by molar-refractivity contribution is 6.12. The van der Waals surface area contributed by atoms with Gasteiger partial charge in [-0.2, -0.15) is 0 Å². The van der Waals surface area contributed by atoms with Gasteiger partial charge in [0.1, 0.15) is 0 Å². The summed E-state index contributed by atoms with van der Waals surface area (Å²) in [6.07, 6.45) is 4.00. The Hall–Kier alpha value is -3.68. The number of anilines is 2. The largest absolute Gasteiger partial charge is 0.469 e. The number of unbranched alkanes of at least 4 members (excludes halogenated alkanes) is 3. The van der Waals surface area contributed by atoms with Gasteiger partial charge in [0, 0.05) is 42.4 Å². The molecule has 0 saturated heterocycles. The minimum atomic E-state index is -0.437. The monoisotopic (exact) mass is 466 g/mol. The average Bonchev–Trinajstić information content (AvgIpc) is 3.21. The summed E-state index contributed by atoms with van der Waals surface area (Å²) >= 11 is 0. The molecule has 1 aliphatic rings. The van der Waals surface area contributed by atoms with E-state index >= 15 is 0 Å². The SMILES string of the molecule is COC(=O)CCCCCCC(=O)N(C)c1cccc2c1CN(c1ccc(C(=O)OC)cc1)C2=O. The minimum absolute atomic E-state index is 0.0188. The number of methoxy groups -OCH3 is 2. The van der Waals surface area contributed by atoms with E-state index in [2.05, 4.69) is 4.74 Å². The Morgan fingerprint density at radius 3 is 2.24 bits per heavy atom. The molecule has 0 aliphatic carbocycles. The quantitative estimate of drug-likeness (QED) is 0.386. The maximum Gasteiger partial charge on any atom is 0.337 e. The first kappa shape index (κ1) is 25.0. The van der Waals surface area contributed by atoms with Crippen LogP contribution in [0.1, 0.15) is 64.8 Å². The van der Waals surface area contributed by atoms with Gasteiger partial charge in [0.2, 0.25) is 5.91 Å². The fraction of sp³-hybridized carbons (Fsp3) is 0.385. The van der Waals surface area contributed by atoms with Crippen LogP contribution in [0.15, 0.2) is 42.5 Å². The molecule has 3 rings (SSSR count). The lowest BCUT2D eigenvalue weighted by atomic mass is 10.1. The summed E-state index contributed by atoms with van der Waals surface area (Å²) in [5.74, 6) is -0.811. The van der Waals surface area contributed by atoms with Crippen molar-refractivity contribution in [2.45, 2.75) is 45.1 Å². The van der Waals surface area contributed by atoms with Crippen LogP contribution in [-0.2, 0) is 25.6 Å². The number of hydrogen-bond donors (Lipinski definition) is 0. The first-order valence-corrected chi connectivity index (χ1v) is 11.3. The van der Waals surface area contributed by atoms with E-state index in [4.69, 9.17) is 4.74 Å². The molecule has 8 heteroatoms. The van der Waals surface area contributed by atoms with Gasteiger partial charge in [-0.25, -0.2) is 4.79 Å². The number of nitrogens with zero attached hydrogens (tertiary/aromatic N) is 2. The van der Waals surface area contributed by atoms with Crippen molar-refractivity contribution in [2.24, 2.45) is 0 Å². The predicted octanol–water partition coefficient (Wildman–Crippen LogP) is 4.11. The Balaban J connectivity index is 1.63. The van der Waals surface area contributed by atoms with Gasteiger partial charge in [-0.3, -0.25) is 14.4 Å². The summed E-state index contributed by atoms with van der Waals surface area (Å²) in [5.41, 5.74) is 3.16. The molecular weight excluding hydrogens is 436 g/mol. The number of amides is 2. The van der Waals surface area contributed by atoms with Crippen molar-refractivity contribution in [1.29, 1.82) is 0 Å². The lowest BCUT2D eigenvalue weighted by molar-refractivity contribution is -0.140. The molecule has 0 aromatic heterocycles. The smallest absolute Gasteiger partial charge is 0.337 e. The first-order valence-electron chi connectivity index (χ1n) is 11.3. The number of ether oxygens (including phenoxy) is 2. The fourth-order valence-corrected chi connectivity index (χ4v) is 4.04. The van der Waals surface area contributed by atoms with Crippen LogP contribution in [0, 0.1) is 0 Å². The van der Waals surface area contributed by atoms with Crippen LogP contribution in [0.5, 0.6) is 0 Å². The second-order valence-corrected chi connectivity index (χ2v) is 8.18. The van der Waals surface area contributed by atoms with Crippen LogP contribution in [-0.4, -0.2) is 45.0 Å². The van der Waals surface area contributed by atoms with Gasteiger partial charge in [-0.05, 0) is 49.2 Å². The van der Waals surface area contributed by atoms with Crippen LogP contribution >= 0.6 is 0 Å². The molecule has 0 radical (unpaired) electrons. The molecule has 8 nitrogen and oxygen atoms in total. The summed E-state index contributed by atoms with van der Waals surface area (Å²) in [7, 11) is 4.43. The molecule has 0 fully saturated rings. The Labute approximate surface area is 199 Å². The van der Waals surface area contributed by atoms with E-state index in [0.29, 0.717) is 36.2 Å². The summed E-state index contributed by atoms with van der Waals surface area (Å²) in [4.78, 5) is 51.9. The molecule has 0 saturated carbocycles. The van der Waals surface area contributed by atoms with Gasteiger partial charge in [-0.15, -0.1) is 0 Å². The Bertz CT molecular complexity index is 1060. The number of hydrogen-bond acceptors (Lipinski definition) is 6. The van der Waals surface area contributed by atoms with Crippen molar-refractivity contribution in [3.05, 3.63) is 59.2 Å². The second kappa shape index (κ2) is 11.4. The second-order valence-electron chi connectivity index (χ2n) is 8.18. The normalized spacial score (nSPS) is 12.3. The van der Waals surface area contributed by atoms with E-state index in [-0.39, 0.29) is 17.8 Å². The molecule has 0 N–H and O–H groups in total. The predicted molar refractivity (Wildman–Crippen MR) is 128 cm³/mol. The van der Waals surface area contributed by atoms with Crippen LogP contribution in [0.3, 0.4) is 0 Å². The van der Waals surface area contributed by atoms with E-state index < -0.39 is 5.97 Å². The molecule has 0 unspecified atom stereocenters. The minimum Gasteiger partial charge on any atom is -0.469 e. The first-order chi connectivity index (χ1) is 16.4. The third-order valence-electron chi connectivity index (χ3n) is 6.03. The Morgan fingerprint density at radius 1 is 0.912 bits per heavy atom. The Morgan fingerprint density at radius 2 is 1.59 bits per heavy atom. The van der Waals surface area contributed by atoms with Crippen molar-refractivity contribution in [3.8, 4) is 0 Å². The van der Waals surface area contributed by atoms with Gasteiger partial charge in [-0.1, -0.05) is 18.9 Å². The van der Waals surface area contributed by atoms with Crippen LogP contribution in [0.25, 0.3) is 0 Å². The highest BCUT2D eigenvalue weighted by Crippen LogP contribution is 2.34. The van der Waals surface area contributed by atoms with Crippen LogP contribution < -0.4 is 9.80 Å². The van der Waals surface area contributed by atoms with Crippen molar-refractivity contribution in [3.63, 3.8) is 0 Å². The van der Waals surface area contributed by atoms with Crippen molar-refractivity contribution in [1.82, 2.24) is 0 Å². The molecule has 0 atom stereocenters. The zero-order valence-corrected chi connectivity index (χ0v) is 19.8. The maximum absolute atomic E-state index is 13.1. The highest BCUT2D eigenvalue weighted by atomic mass is 16.5. The molecule has 2 amide bonds. The third-order valence-corrected chi connectivity index (χ3v) is 6.03. The number of rotatable bonds is 10.